The Balaban J connectivity index is 2.31. The first kappa shape index (κ1) is 20.2. The Kier molecular flexibility index (Phi) is 5.14. The van der Waals surface area contributed by atoms with Gasteiger partial charge in [0.2, 0.25) is 0 Å². The summed E-state index contributed by atoms with van der Waals surface area (Å²) in [6.45, 7) is 6.64. The van der Waals surface area contributed by atoms with Gasteiger partial charge in [-0.2, -0.15) is 15.8 Å². The maximum Gasteiger partial charge on any atom is 0.191 e. The van der Waals surface area contributed by atoms with Crippen LogP contribution in [0.5, 0.6) is 0 Å². The second kappa shape index (κ2) is 7.12. The van der Waals surface area contributed by atoms with E-state index in [1.807, 2.05) is 24.3 Å². The highest BCUT2D eigenvalue weighted by molar-refractivity contribution is 9.10. The highest BCUT2D eigenvalue weighted by Crippen LogP contribution is 2.58. The second-order valence-electron chi connectivity index (χ2n) is 8.77. The van der Waals surface area contributed by atoms with Gasteiger partial charge in [-0.25, -0.2) is 0 Å². The number of hydrogen-bond donors (Lipinski definition) is 1. The number of benzene rings is 1. The number of nitriles is 3. The molecule has 5 heteroatoms. The Hall–Kier alpha value is -2.55. The normalized spacial score (nSPS) is 26.3. The lowest BCUT2D eigenvalue weighted by Gasteiger charge is -2.47. The Morgan fingerprint density at radius 3 is 2.39 bits per heavy atom. The topological polar surface area (TPSA) is 97.4 Å². The van der Waals surface area contributed by atoms with Crippen molar-refractivity contribution in [3.63, 3.8) is 0 Å². The fourth-order valence-corrected chi connectivity index (χ4v) is 5.09. The van der Waals surface area contributed by atoms with Crippen LogP contribution in [0.2, 0.25) is 0 Å². The van der Waals surface area contributed by atoms with E-state index in [0.29, 0.717) is 11.5 Å². The third kappa shape index (κ3) is 3.03. The Morgan fingerprint density at radius 2 is 1.86 bits per heavy atom. The van der Waals surface area contributed by atoms with Gasteiger partial charge < -0.3 is 5.73 Å². The molecule has 142 valence electrons. The van der Waals surface area contributed by atoms with Crippen molar-refractivity contribution in [1.29, 1.82) is 15.8 Å². The van der Waals surface area contributed by atoms with Gasteiger partial charge in [0, 0.05) is 10.4 Å². The highest BCUT2D eigenvalue weighted by Gasteiger charge is 2.55. The van der Waals surface area contributed by atoms with Gasteiger partial charge in [0.05, 0.1) is 23.4 Å². The number of nitrogens with two attached hydrogens (primary N) is 1. The van der Waals surface area contributed by atoms with Gasteiger partial charge in [0.1, 0.15) is 6.07 Å². The summed E-state index contributed by atoms with van der Waals surface area (Å²) in [6, 6.07) is 14.3. The first-order valence-corrected chi connectivity index (χ1v) is 10.2. The van der Waals surface area contributed by atoms with Crippen LogP contribution < -0.4 is 5.73 Å². The standard InChI is InChI=1S/C23H23BrN4/c1-22(2,3)15-7-8-17-18(10-15)20(14-5-4-6-16(24)9-14)23(12-26,13-27)21(28)19(17)11-25/h4-6,8-9,15,18,20H,7,10,28H2,1-3H3/t15-,18-,20-/m1/s1. The van der Waals surface area contributed by atoms with E-state index in [4.69, 9.17) is 5.73 Å². The Labute approximate surface area is 175 Å². The number of halogens is 1. The minimum atomic E-state index is -1.56. The molecular formula is C23H23BrN4. The van der Waals surface area contributed by atoms with Gasteiger partial charge in [0.25, 0.3) is 0 Å². The van der Waals surface area contributed by atoms with Crippen LogP contribution in [0.4, 0.5) is 0 Å². The monoisotopic (exact) mass is 434 g/mol. The molecule has 0 saturated carbocycles. The molecule has 3 rings (SSSR count). The third-order valence-corrected chi connectivity index (χ3v) is 6.80. The van der Waals surface area contributed by atoms with Crippen molar-refractivity contribution < 1.29 is 0 Å². The van der Waals surface area contributed by atoms with Crippen molar-refractivity contribution in [2.24, 2.45) is 28.4 Å². The van der Waals surface area contributed by atoms with E-state index in [1.54, 1.807) is 0 Å². The molecule has 0 amide bonds. The van der Waals surface area contributed by atoms with Crippen LogP contribution in [0.1, 0.15) is 45.1 Å². The molecule has 0 fully saturated rings. The average Bonchev–Trinajstić information content (AvgIpc) is 2.66. The molecule has 1 aromatic rings. The zero-order chi connectivity index (χ0) is 20.7. The largest absolute Gasteiger partial charge is 0.399 e. The van der Waals surface area contributed by atoms with Crippen LogP contribution in [-0.4, -0.2) is 0 Å². The molecule has 28 heavy (non-hydrogen) atoms. The first-order valence-electron chi connectivity index (χ1n) is 9.38. The lowest BCUT2D eigenvalue weighted by Crippen LogP contribution is -2.44. The van der Waals surface area contributed by atoms with Crippen molar-refractivity contribution in [2.75, 3.05) is 0 Å². The van der Waals surface area contributed by atoms with Crippen molar-refractivity contribution in [3.05, 3.63) is 57.2 Å². The average molecular weight is 435 g/mol. The fraction of sp³-hybridized carbons (Fsp3) is 0.435. The van der Waals surface area contributed by atoms with Crippen molar-refractivity contribution in [1.82, 2.24) is 0 Å². The summed E-state index contributed by atoms with van der Waals surface area (Å²) in [5, 5.41) is 30.0. The van der Waals surface area contributed by atoms with Crippen LogP contribution in [0, 0.1) is 56.7 Å². The summed E-state index contributed by atoms with van der Waals surface area (Å²) >= 11 is 3.51. The molecule has 0 bridgehead atoms. The van der Waals surface area contributed by atoms with Crippen molar-refractivity contribution in [2.45, 2.75) is 39.5 Å². The van der Waals surface area contributed by atoms with Crippen LogP contribution in [0.25, 0.3) is 0 Å². The number of rotatable bonds is 1. The number of fused-ring (bicyclic) bond motifs is 1. The predicted octanol–water partition coefficient (Wildman–Crippen LogP) is 5.31. The van der Waals surface area contributed by atoms with E-state index in [0.717, 1.165) is 28.5 Å². The lowest BCUT2D eigenvalue weighted by atomic mass is 9.54. The summed E-state index contributed by atoms with van der Waals surface area (Å²) in [6.07, 6.45) is 3.79. The summed E-state index contributed by atoms with van der Waals surface area (Å²) < 4.78 is 0.886. The predicted molar refractivity (Wildman–Crippen MR) is 111 cm³/mol. The molecule has 2 N–H and O–H groups in total. The molecular weight excluding hydrogens is 412 g/mol. The quantitative estimate of drug-likeness (QED) is 0.646. The van der Waals surface area contributed by atoms with Gasteiger partial charge in [0.15, 0.2) is 5.41 Å². The summed E-state index contributed by atoms with van der Waals surface area (Å²) in [5.74, 6) is -0.132. The highest BCUT2D eigenvalue weighted by atomic mass is 79.9. The molecule has 0 spiro atoms. The number of allylic oxidation sites excluding steroid dienone is 4. The van der Waals surface area contributed by atoms with Gasteiger partial charge in [-0.1, -0.05) is 54.9 Å². The second-order valence-corrected chi connectivity index (χ2v) is 9.68. The van der Waals surface area contributed by atoms with Gasteiger partial charge in [-0.15, -0.1) is 0 Å². The van der Waals surface area contributed by atoms with Crippen LogP contribution in [0.15, 0.2) is 51.7 Å². The van der Waals surface area contributed by atoms with Gasteiger partial charge >= 0.3 is 0 Å². The Morgan fingerprint density at radius 1 is 1.18 bits per heavy atom. The van der Waals surface area contributed by atoms with Crippen LogP contribution >= 0.6 is 15.9 Å². The molecule has 2 aliphatic carbocycles. The zero-order valence-electron chi connectivity index (χ0n) is 16.3. The molecule has 0 radical (unpaired) electrons. The first-order chi connectivity index (χ1) is 13.2. The summed E-state index contributed by atoms with van der Waals surface area (Å²) in [4.78, 5) is 0. The minimum absolute atomic E-state index is 0.0849. The SMILES string of the molecule is CC(C)(C)[C@@H]1CC=C2C(C#N)=C(N)C(C#N)(C#N)[C@H](c3cccc(Br)c3)[C@@H]2C1. The molecule has 0 saturated heterocycles. The molecule has 0 unspecified atom stereocenters. The Bertz CT molecular complexity index is 977. The molecule has 0 aromatic heterocycles. The van der Waals surface area contributed by atoms with Crippen molar-refractivity contribution in [3.8, 4) is 18.2 Å². The number of nitrogens with zero attached hydrogens (tertiary/aromatic N) is 3. The molecule has 0 aliphatic heterocycles. The van der Waals surface area contributed by atoms with Gasteiger partial charge in [-0.05, 0) is 53.4 Å². The molecule has 1 aromatic carbocycles. The smallest absolute Gasteiger partial charge is 0.191 e. The lowest BCUT2D eigenvalue weighted by molar-refractivity contribution is 0.170. The minimum Gasteiger partial charge on any atom is -0.399 e. The fourth-order valence-electron chi connectivity index (χ4n) is 4.67. The van der Waals surface area contributed by atoms with Crippen LogP contribution in [0.3, 0.4) is 0 Å². The van der Waals surface area contributed by atoms with E-state index in [-0.39, 0.29) is 17.0 Å². The van der Waals surface area contributed by atoms with Crippen LogP contribution in [-0.2, 0) is 0 Å². The van der Waals surface area contributed by atoms with Crippen molar-refractivity contribution >= 4 is 15.9 Å². The maximum absolute atomic E-state index is 10.1. The van der Waals surface area contributed by atoms with E-state index >= 15 is 0 Å². The summed E-state index contributed by atoms with van der Waals surface area (Å²) in [5.41, 5.74) is 7.05. The van der Waals surface area contributed by atoms with E-state index in [2.05, 4.69) is 61.0 Å². The summed E-state index contributed by atoms with van der Waals surface area (Å²) in [7, 11) is 0. The van der Waals surface area contributed by atoms with Gasteiger partial charge in [-0.3, -0.25) is 0 Å². The number of hydrogen-bond acceptors (Lipinski definition) is 4. The van der Waals surface area contributed by atoms with E-state index < -0.39 is 11.3 Å². The van der Waals surface area contributed by atoms with E-state index in [1.165, 1.54) is 0 Å². The van der Waals surface area contributed by atoms with E-state index in [9.17, 15) is 15.8 Å². The zero-order valence-corrected chi connectivity index (χ0v) is 17.9. The molecule has 2 aliphatic rings. The molecule has 3 atom stereocenters. The molecule has 0 heterocycles. The maximum atomic E-state index is 10.1. The third-order valence-electron chi connectivity index (χ3n) is 6.31. The molecule has 4 nitrogen and oxygen atoms in total.